The molecular formula is C17H23ClN2S. The summed E-state index contributed by atoms with van der Waals surface area (Å²) in [6.45, 7) is 3.30. The molecule has 0 bridgehead atoms. The molecule has 2 unspecified atom stereocenters. The van der Waals surface area contributed by atoms with E-state index >= 15 is 0 Å². The molecule has 2 nitrogen and oxygen atoms in total. The van der Waals surface area contributed by atoms with Crippen molar-refractivity contribution in [2.24, 2.45) is 0 Å². The molecular weight excluding hydrogens is 300 g/mol. The molecule has 4 heteroatoms. The van der Waals surface area contributed by atoms with Crippen LogP contribution in [0.15, 0.2) is 41.8 Å². The fraction of sp³-hybridized carbons (Fsp3) is 0.412. The Morgan fingerprint density at radius 2 is 2.10 bits per heavy atom. The van der Waals surface area contributed by atoms with Crippen LogP contribution < -0.4 is 5.32 Å². The average molecular weight is 323 g/mol. The number of hydrogen-bond acceptors (Lipinski definition) is 3. The minimum atomic E-state index is 0.335. The minimum absolute atomic E-state index is 0.335. The SMILES string of the molecule is CNC(CCN(C)C(C)c1cccs1)c1cccc(Cl)c1. The van der Waals surface area contributed by atoms with Crippen molar-refractivity contribution >= 4 is 22.9 Å². The third-order valence-corrected chi connectivity index (χ3v) is 5.26. The van der Waals surface area contributed by atoms with Crippen molar-refractivity contribution in [3.05, 3.63) is 57.2 Å². The third-order valence-electron chi connectivity index (χ3n) is 3.99. The van der Waals surface area contributed by atoms with E-state index in [1.807, 2.05) is 36.6 Å². The van der Waals surface area contributed by atoms with Crippen LogP contribution in [0.25, 0.3) is 0 Å². The summed E-state index contributed by atoms with van der Waals surface area (Å²) in [6.07, 6.45) is 1.06. The molecule has 0 aliphatic carbocycles. The topological polar surface area (TPSA) is 15.3 Å². The highest BCUT2D eigenvalue weighted by Gasteiger charge is 2.15. The first-order valence-corrected chi connectivity index (χ1v) is 8.54. The number of thiophene rings is 1. The van der Waals surface area contributed by atoms with Gasteiger partial charge in [0.1, 0.15) is 0 Å². The Balaban J connectivity index is 1.94. The fourth-order valence-electron chi connectivity index (χ4n) is 2.47. The Bertz CT molecular complexity index is 541. The van der Waals surface area contributed by atoms with Gasteiger partial charge < -0.3 is 5.32 Å². The van der Waals surface area contributed by atoms with E-state index in [1.165, 1.54) is 10.4 Å². The van der Waals surface area contributed by atoms with E-state index in [9.17, 15) is 0 Å². The van der Waals surface area contributed by atoms with Gasteiger partial charge in [-0.2, -0.15) is 0 Å². The Kier molecular flexibility index (Phi) is 6.24. The molecule has 1 aromatic carbocycles. The highest BCUT2D eigenvalue weighted by atomic mass is 35.5. The largest absolute Gasteiger partial charge is 0.313 e. The summed E-state index contributed by atoms with van der Waals surface area (Å²) < 4.78 is 0. The van der Waals surface area contributed by atoms with E-state index in [-0.39, 0.29) is 0 Å². The second-order valence-electron chi connectivity index (χ2n) is 5.36. The first-order valence-electron chi connectivity index (χ1n) is 7.28. The van der Waals surface area contributed by atoms with Gasteiger partial charge >= 0.3 is 0 Å². The number of halogens is 1. The first kappa shape index (κ1) is 16.5. The van der Waals surface area contributed by atoms with Crippen LogP contribution in [0.1, 0.15) is 35.9 Å². The van der Waals surface area contributed by atoms with Gasteiger partial charge in [0.15, 0.2) is 0 Å². The Morgan fingerprint density at radius 1 is 1.29 bits per heavy atom. The van der Waals surface area contributed by atoms with Crippen LogP contribution in [-0.2, 0) is 0 Å². The molecule has 0 amide bonds. The number of nitrogens with one attached hydrogen (secondary N) is 1. The molecule has 2 aromatic rings. The molecule has 2 atom stereocenters. The minimum Gasteiger partial charge on any atom is -0.313 e. The lowest BCUT2D eigenvalue weighted by Gasteiger charge is -2.26. The van der Waals surface area contributed by atoms with Crippen LogP contribution in [0.4, 0.5) is 0 Å². The summed E-state index contributed by atoms with van der Waals surface area (Å²) in [5.41, 5.74) is 1.25. The van der Waals surface area contributed by atoms with Crippen LogP contribution in [0.3, 0.4) is 0 Å². The maximum absolute atomic E-state index is 6.09. The molecule has 0 fully saturated rings. The fourth-order valence-corrected chi connectivity index (χ4v) is 3.52. The van der Waals surface area contributed by atoms with Gasteiger partial charge in [0.25, 0.3) is 0 Å². The normalized spacial score (nSPS) is 14.3. The number of nitrogens with zero attached hydrogens (tertiary/aromatic N) is 1. The Morgan fingerprint density at radius 3 is 2.71 bits per heavy atom. The highest BCUT2D eigenvalue weighted by molar-refractivity contribution is 7.10. The maximum Gasteiger partial charge on any atom is 0.0410 e. The van der Waals surface area contributed by atoms with E-state index in [4.69, 9.17) is 11.6 Å². The maximum atomic E-state index is 6.09. The summed E-state index contributed by atoms with van der Waals surface area (Å²) in [6, 6.07) is 13.2. The summed E-state index contributed by atoms with van der Waals surface area (Å²) >= 11 is 7.91. The molecule has 21 heavy (non-hydrogen) atoms. The molecule has 1 heterocycles. The van der Waals surface area contributed by atoms with Gasteiger partial charge in [0.05, 0.1) is 0 Å². The zero-order chi connectivity index (χ0) is 15.2. The number of rotatable bonds is 7. The van der Waals surface area contributed by atoms with Crippen molar-refractivity contribution in [1.29, 1.82) is 0 Å². The molecule has 0 saturated carbocycles. The monoisotopic (exact) mass is 322 g/mol. The van der Waals surface area contributed by atoms with Crippen LogP contribution in [-0.4, -0.2) is 25.5 Å². The predicted molar refractivity (Wildman–Crippen MR) is 93.2 cm³/mol. The standard InChI is InChI=1S/C17H23ClN2S/c1-13(17-8-5-11-21-17)20(3)10-9-16(19-2)14-6-4-7-15(18)12-14/h4-8,11-13,16,19H,9-10H2,1-3H3. The zero-order valence-corrected chi connectivity index (χ0v) is 14.4. The van der Waals surface area contributed by atoms with Crippen LogP contribution >= 0.6 is 22.9 Å². The first-order chi connectivity index (χ1) is 10.1. The Hall–Kier alpha value is -0.870. The lowest BCUT2D eigenvalue weighted by Crippen LogP contribution is -2.27. The number of hydrogen-bond donors (Lipinski definition) is 1. The van der Waals surface area contributed by atoms with Crippen molar-refractivity contribution in [3.8, 4) is 0 Å². The van der Waals surface area contributed by atoms with Gasteiger partial charge in [-0.1, -0.05) is 29.8 Å². The van der Waals surface area contributed by atoms with Crippen molar-refractivity contribution in [2.45, 2.75) is 25.4 Å². The van der Waals surface area contributed by atoms with E-state index in [0.717, 1.165) is 18.0 Å². The second-order valence-corrected chi connectivity index (χ2v) is 6.77. The molecule has 0 aliphatic rings. The van der Waals surface area contributed by atoms with E-state index in [0.29, 0.717) is 12.1 Å². The van der Waals surface area contributed by atoms with Gasteiger partial charge in [-0.05, 0) is 56.6 Å². The second kappa shape index (κ2) is 7.95. The highest BCUT2D eigenvalue weighted by Crippen LogP contribution is 2.25. The molecule has 114 valence electrons. The van der Waals surface area contributed by atoms with Crippen LogP contribution in [0.5, 0.6) is 0 Å². The molecule has 1 N–H and O–H groups in total. The number of benzene rings is 1. The van der Waals surface area contributed by atoms with Gasteiger partial charge in [0, 0.05) is 28.5 Å². The zero-order valence-electron chi connectivity index (χ0n) is 12.8. The Labute approximate surface area is 136 Å². The van der Waals surface area contributed by atoms with Crippen molar-refractivity contribution in [1.82, 2.24) is 10.2 Å². The van der Waals surface area contributed by atoms with Gasteiger partial charge in [-0.15, -0.1) is 11.3 Å². The van der Waals surface area contributed by atoms with Gasteiger partial charge in [-0.3, -0.25) is 4.90 Å². The summed E-state index contributed by atoms with van der Waals surface area (Å²) in [4.78, 5) is 3.82. The third kappa shape index (κ3) is 4.55. The molecule has 0 spiro atoms. The smallest absolute Gasteiger partial charge is 0.0410 e. The lowest BCUT2D eigenvalue weighted by molar-refractivity contribution is 0.250. The molecule has 0 radical (unpaired) electrons. The van der Waals surface area contributed by atoms with Crippen molar-refractivity contribution in [3.63, 3.8) is 0 Å². The van der Waals surface area contributed by atoms with E-state index < -0.39 is 0 Å². The van der Waals surface area contributed by atoms with Gasteiger partial charge in [0.2, 0.25) is 0 Å². The van der Waals surface area contributed by atoms with E-state index in [2.05, 4.69) is 47.8 Å². The molecule has 2 rings (SSSR count). The predicted octanol–water partition coefficient (Wildman–Crippen LogP) is 4.75. The van der Waals surface area contributed by atoms with Crippen molar-refractivity contribution in [2.75, 3.05) is 20.6 Å². The lowest BCUT2D eigenvalue weighted by atomic mass is 10.0. The molecule has 0 aliphatic heterocycles. The van der Waals surface area contributed by atoms with Crippen molar-refractivity contribution < 1.29 is 0 Å². The van der Waals surface area contributed by atoms with Crippen LogP contribution in [0, 0.1) is 0 Å². The van der Waals surface area contributed by atoms with E-state index in [1.54, 1.807) is 0 Å². The average Bonchev–Trinajstić information content (AvgIpc) is 3.01. The molecule has 0 saturated heterocycles. The molecule has 1 aromatic heterocycles. The summed E-state index contributed by atoms with van der Waals surface area (Å²) in [5, 5.41) is 6.33. The quantitative estimate of drug-likeness (QED) is 0.791. The van der Waals surface area contributed by atoms with Gasteiger partial charge in [-0.25, -0.2) is 0 Å². The summed E-state index contributed by atoms with van der Waals surface area (Å²) in [5.74, 6) is 0. The van der Waals surface area contributed by atoms with Crippen LogP contribution in [0.2, 0.25) is 5.02 Å². The summed E-state index contributed by atoms with van der Waals surface area (Å²) in [7, 11) is 4.20.